The molecule has 0 saturated carbocycles. The van der Waals surface area contributed by atoms with Gasteiger partial charge in [0.15, 0.2) is 16.7 Å². The van der Waals surface area contributed by atoms with Gasteiger partial charge in [-0.25, -0.2) is 9.79 Å². The molecule has 1 atom stereocenters. The van der Waals surface area contributed by atoms with Gasteiger partial charge in [0, 0.05) is 6.20 Å². The van der Waals surface area contributed by atoms with Gasteiger partial charge in [-0.15, -0.1) is 0 Å². The maximum atomic E-state index is 12.8. The highest BCUT2D eigenvalue weighted by atomic mass is 127. The summed E-state index contributed by atoms with van der Waals surface area (Å²) in [6.45, 7) is 8.01. The summed E-state index contributed by atoms with van der Waals surface area (Å²) in [4.78, 5) is 19.3. The van der Waals surface area contributed by atoms with E-state index in [1.54, 1.807) is 20.1 Å². The zero-order chi connectivity index (χ0) is 20.3. The number of hydrogen-bond donors (Lipinski definition) is 0. The lowest BCUT2D eigenvalue weighted by molar-refractivity contribution is -0.139. The largest absolute Gasteiger partial charge is 0.493 e. The average Bonchev–Trinajstić information content (AvgIpc) is 3.13. The molecule has 1 aromatic carbocycles. The van der Waals surface area contributed by atoms with Crippen molar-refractivity contribution in [2.75, 3.05) is 20.3 Å². The van der Waals surface area contributed by atoms with Crippen molar-refractivity contribution in [3.63, 3.8) is 0 Å². The van der Waals surface area contributed by atoms with Gasteiger partial charge in [0.05, 0.1) is 34.6 Å². The molecular weight excluding hydrogens is 491 g/mol. The number of carbonyl (C=O) groups excluding carboxylic acids is 1. The highest BCUT2D eigenvalue weighted by Crippen LogP contribution is 2.44. The summed E-state index contributed by atoms with van der Waals surface area (Å²) in [5, 5.41) is 2.79. The van der Waals surface area contributed by atoms with E-state index >= 15 is 0 Å². The highest BCUT2D eigenvalue weighted by Gasteiger charge is 2.38. The molecule has 148 valence electrons. The van der Waals surface area contributed by atoms with Crippen molar-refractivity contribution in [2.45, 2.75) is 19.9 Å². The van der Waals surface area contributed by atoms with Crippen LogP contribution in [0.1, 0.15) is 25.5 Å². The number of allylic oxidation sites excluding steroid dienone is 1. The van der Waals surface area contributed by atoms with Crippen LogP contribution in [0.5, 0.6) is 11.5 Å². The molecule has 28 heavy (non-hydrogen) atoms. The SMILES string of the molecule is C=CCOc1c(I)cc([C@H]2C(C(=O)OCC)=C(C)N=C3SC=CN32)cc1OC. The van der Waals surface area contributed by atoms with Crippen molar-refractivity contribution >= 4 is 45.5 Å². The first kappa shape index (κ1) is 20.8. The molecule has 2 aliphatic heterocycles. The van der Waals surface area contributed by atoms with Crippen molar-refractivity contribution in [3.05, 3.63) is 56.8 Å². The molecule has 1 aromatic rings. The van der Waals surface area contributed by atoms with Crippen molar-refractivity contribution < 1.29 is 19.0 Å². The van der Waals surface area contributed by atoms with E-state index in [4.69, 9.17) is 14.2 Å². The molecule has 8 heteroatoms. The topological polar surface area (TPSA) is 60.4 Å². The number of aliphatic imine (C=N–C) groups is 1. The van der Waals surface area contributed by atoms with Gasteiger partial charge in [-0.05, 0) is 59.5 Å². The second kappa shape index (κ2) is 9.04. The van der Waals surface area contributed by atoms with Crippen LogP contribution in [0, 0.1) is 3.57 Å². The Labute approximate surface area is 182 Å². The zero-order valence-electron chi connectivity index (χ0n) is 15.9. The molecule has 0 unspecified atom stereocenters. The summed E-state index contributed by atoms with van der Waals surface area (Å²) in [5.41, 5.74) is 2.08. The predicted octanol–water partition coefficient (Wildman–Crippen LogP) is 4.63. The molecule has 0 aromatic heterocycles. The minimum atomic E-state index is -0.362. The number of esters is 1. The number of fused-ring (bicyclic) bond motifs is 1. The fourth-order valence-electron chi connectivity index (χ4n) is 3.08. The first-order valence-corrected chi connectivity index (χ1v) is 10.7. The van der Waals surface area contributed by atoms with Crippen LogP contribution in [0.4, 0.5) is 0 Å². The monoisotopic (exact) mass is 512 g/mol. The number of rotatable bonds is 7. The van der Waals surface area contributed by atoms with E-state index < -0.39 is 0 Å². The van der Waals surface area contributed by atoms with E-state index in [-0.39, 0.29) is 12.0 Å². The number of benzene rings is 1. The van der Waals surface area contributed by atoms with Gasteiger partial charge in [0.1, 0.15) is 6.61 Å². The molecule has 0 spiro atoms. The lowest BCUT2D eigenvalue weighted by Crippen LogP contribution is -2.34. The molecule has 2 heterocycles. The zero-order valence-corrected chi connectivity index (χ0v) is 18.9. The third kappa shape index (κ3) is 3.93. The molecule has 0 fully saturated rings. The van der Waals surface area contributed by atoms with Gasteiger partial charge < -0.3 is 19.1 Å². The summed E-state index contributed by atoms with van der Waals surface area (Å²) in [5.74, 6) is 0.893. The smallest absolute Gasteiger partial charge is 0.338 e. The van der Waals surface area contributed by atoms with Crippen LogP contribution >= 0.6 is 34.4 Å². The van der Waals surface area contributed by atoms with Crippen molar-refractivity contribution in [1.82, 2.24) is 4.90 Å². The first-order chi connectivity index (χ1) is 13.5. The highest BCUT2D eigenvalue weighted by molar-refractivity contribution is 14.1. The van der Waals surface area contributed by atoms with Crippen LogP contribution in [0.25, 0.3) is 0 Å². The van der Waals surface area contributed by atoms with E-state index in [1.807, 2.05) is 35.6 Å². The summed E-state index contributed by atoms with van der Waals surface area (Å²) in [6.07, 6.45) is 3.62. The number of hydrogen-bond acceptors (Lipinski definition) is 7. The average molecular weight is 512 g/mol. The van der Waals surface area contributed by atoms with Gasteiger partial charge >= 0.3 is 5.97 Å². The minimum Gasteiger partial charge on any atom is -0.493 e. The molecule has 0 radical (unpaired) electrons. The lowest BCUT2D eigenvalue weighted by atomic mass is 9.94. The molecule has 0 aliphatic carbocycles. The standard InChI is InChI=1S/C20H21IN2O4S/c1-5-8-27-18-14(21)10-13(11-15(18)25-4)17-16(19(24)26-6-2)12(3)22-20-23(17)7-9-28-20/h5,7,9-11,17H,1,6,8H2,2-4H3/t17-/m0/s1. The fraction of sp³-hybridized carbons (Fsp3) is 0.300. The van der Waals surface area contributed by atoms with Crippen LogP contribution in [-0.4, -0.2) is 36.4 Å². The first-order valence-electron chi connectivity index (χ1n) is 8.71. The number of methoxy groups -OCH3 is 1. The molecular formula is C20H21IN2O4S. The van der Waals surface area contributed by atoms with Crippen molar-refractivity contribution in [3.8, 4) is 11.5 Å². The number of ether oxygens (including phenoxy) is 3. The molecule has 0 N–H and O–H groups in total. The van der Waals surface area contributed by atoms with E-state index in [0.29, 0.717) is 36.0 Å². The Balaban J connectivity index is 2.12. The van der Waals surface area contributed by atoms with Crippen LogP contribution in [0.2, 0.25) is 0 Å². The Morgan fingerprint density at radius 1 is 1.46 bits per heavy atom. The van der Waals surface area contributed by atoms with Gasteiger partial charge in [0.2, 0.25) is 0 Å². The van der Waals surface area contributed by atoms with Gasteiger partial charge in [-0.3, -0.25) is 0 Å². The summed E-state index contributed by atoms with van der Waals surface area (Å²) < 4.78 is 17.5. The van der Waals surface area contributed by atoms with Crippen LogP contribution in [0.15, 0.2) is 52.7 Å². The van der Waals surface area contributed by atoms with E-state index in [1.165, 1.54) is 11.8 Å². The Bertz CT molecular complexity index is 894. The molecule has 2 aliphatic rings. The Hall–Kier alpha value is -1.94. The van der Waals surface area contributed by atoms with Crippen LogP contribution in [-0.2, 0) is 9.53 Å². The van der Waals surface area contributed by atoms with Crippen molar-refractivity contribution in [1.29, 1.82) is 0 Å². The van der Waals surface area contributed by atoms with E-state index in [0.717, 1.165) is 14.3 Å². The number of thioether (sulfide) groups is 1. The maximum Gasteiger partial charge on any atom is 0.338 e. The summed E-state index contributed by atoms with van der Waals surface area (Å²) in [6, 6.07) is 3.55. The normalized spacial score (nSPS) is 17.9. The quantitative estimate of drug-likeness (QED) is 0.302. The molecule has 0 saturated heterocycles. The second-order valence-corrected chi connectivity index (χ2v) is 8.00. The number of amidine groups is 1. The van der Waals surface area contributed by atoms with Gasteiger partial charge in [-0.1, -0.05) is 24.4 Å². The van der Waals surface area contributed by atoms with Gasteiger partial charge in [0.25, 0.3) is 0 Å². The number of nitrogens with zero attached hydrogens (tertiary/aromatic N) is 2. The molecule has 0 bridgehead atoms. The van der Waals surface area contributed by atoms with E-state index in [9.17, 15) is 4.79 Å². The minimum absolute atomic E-state index is 0.304. The predicted molar refractivity (Wildman–Crippen MR) is 119 cm³/mol. The fourth-order valence-corrected chi connectivity index (χ4v) is 4.65. The third-order valence-corrected chi connectivity index (χ3v) is 5.80. The van der Waals surface area contributed by atoms with Gasteiger partial charge in [-0.2, -0.15) is 0 Å². The van der Waals surface area contributed by atoms with Crippen molar-refractivity contribution in [2.24, 2.45) is 4.99 Å². The Kier molecular flexibility index (Phi) is 6.71. The number of halogens is 1. The van der Waals surface area contributed by atoms with Crippen LogP contribution in [0.3, 0.4) is 0 Å². The van der Waals surface area contributed by atoms with Crippen LogP contribution < -0.4 is 9.47 Å². The molecule has 3 rings (SSSR count). The molecule has 6 nitrogen and oxygen atoms in total. The maximum absolute atomic E-state index is 12.8. The summed E-state index contributed by atoms with van der Waals surface area (Å²) >= 11 is 3.74. The van der Waals surface area contributed by atoms with E-state index in [2.05, 4.69) is 34.2 Å². The Morgan fingerprint density at radius 3 is 2.93 bits per heavy atom. The number of carbonyl (C=O) groups is 1. The molecule has 0 amide bonds. The summed E-state index contributed by atoms with van der Waals surface area (Å²) in [7, 11) is 1.60. The third-order valence-electron chi connectivity index (χ3n) is 4.23. The second-order valence-electron chi connectivity index (χ2n) is 5.96. The Morgan fingerprint density at radius 2 is 2.25 bits per heavy atom. The lowest BCUT2D eigenvalue weighted by Gasteiger charge is -2.33.